The Kier molecular flexibility index (Phi) is 4.91. The minimum atomic E-state index is -0.577. The van der Waals surface area contributed by atoms with Crippen LogP contribution in [0.3, 0.4) is 0 Å². The first-order chi connectivity index (χ1) is 13.7. The summed E-state index contributed by atoms with van der Waals surface area (Å²) in [7, 11) is 0. The van der Waals surface area contributed by atoms with Gasteiger partial charge in [-0.2, -0.15) is 5.10 Å². The van der Waals surface area contributed by atoms with Gasteiger partial charge < -0.3 is 15.4 Å². The van der Waals surface area contributed by atoms with Crippen molar-refractivity contribution in [2.45, 2.75) is 70.9 Å². The van der Waals surface area contributed by atoms with Gasteiger partial charge in [0.25, 0.3) is 5.91 Å². The lowest BCUT2D eigenvalue weighted by molar-refractivity contribution is -0.176. The van der Waals surface area contributed by atoms with E-state index in [0.29, 0.717) is 24.1 Å². The first kappa shape index (κ1) is 19.9. The van der Waals surface area contributed by atoms with Crippen LogP contribution in [0.1, 0.15) is 65.3 Å². The molecule has 1 heterocycles. The van der Waals surface area contributed by atoms with Gasteiger partial charge in [0.2, 0.25) is 5.91 Å². The third-order valence-corrected chi connectivity index (χ3v) is 6.70. The van der Waals surface area contributed by atoms with Crippen LogP contribution in [-0.2, 0) is 19.1 Å². The Morgan fingerprint density at radius 1 is 1.24 bits per heavy atom. The summed E-state index contributed by atoms with van der Waals surface area (Å²) in [6.45, 7) is 5.17. The van der Waals surface area contributed by atoms with Crippen LogP contribution in [0.15, 0.2) is 12.3 Å². The van der Waals surface area contributed by atoms with Gasteiger partial charge in [0, 0.05) is 24.6 Å². The lowest BCUT2D eigenvalue weighted by Crippen LogP contribution is -2.64. The quantitative estimate of drug-likeness (QED) is 0.712. The van der Waals surface area contributed by atoms with Gasteiger partial charge in [-0.1, -0.05) is 0 Å². The van der Waals surface area contributed by atoms with Crippen LogP contribution in [-0.4, -0.2) is 39.7 Å². The average Bonchev–Trinajstić information content (AvgIpc) is 3.05. The number of carbonyl (C=O) groups is 3. The normalized spacial score (nSPS) is 32.3. The SMILES string of the molecule is CC(=O)NC12CC3CC(C1)CC(C(=O)OCC(=O)Nc1ccnn1C(C)C)(C3)C2. The Morgan fingerprint density at radius 2 is 1.93 bits per heavy atom. The molecule has 8 heteroatoms. The number of amides is 2. The van der Waals surface area contributed by atoms with Crippen molar-refractivity contribution in [2.24, 2.45) is 17.3 Å². The molecule has 0 saturated heterocycles. The van der Waals surface area contributed by atoms with E-state index in [2.05, 4.69) is 15.7 Å². The molecule has 0 aliphatic heterocycles. The van der Waals surface area contributed by atoms with Gasteiger partial charge in [-0.3, -0.25) is 14.4 Å². The standard InChI is InChI=1S/C21H30N4O4/c1-13(2)25-17(4-5-22-25)23-18(27)11-29-19(28)20-7-15-6-16(8-20)10-21(9-15,12-20)24-14(3)26/h4-5,13,15-16H,6-12H2,1-3H3,(H,23,27)(H,24,26). The molecule has 1 aromatic rings. The van der Waals surface area contributed by atoms with Gasteiger partial charge >= 0.3 is 5.97 Å². The van der Waals surface area contributed by atoms with Gasteiger partial charge in [0.15, 0.2) is 6.61 Å². The highest BCUT2D eigenvalue weighted by atomic mass is 16.5. The van der Waals surface area contributed by atoms with Crippen molar-refractivity contribution in [3.8, 4) is 0 Å². The third-order valence-electron chi connectivity index (χ3n) is 6.70. The van der Waals surface area contributed by atoms with Crippen molar-refractivity contribution in [1.29, 1.82) is 0 Å². The summed E-state index contributed by atoms with van der Waals surface area (Å²) in [6.07, 6.45) is 6.84. The van der Waals surface area contributed by atoms with E-state index in [4.69, 9.17) is 4.74 Å². The van der Waals surface area contributed by atoms with Crippen LogP contribution in [0.4, 0.5) is 5.82 Å². The number of ether oxygens (including phenoxy) is 1. The molecular weight excluding hydrogens is 372 g/mol. The summed E-state index contributed by atoms with van der Waals surface area (Å²) in [5, 5.41) is 10.1. The molecule has 0 aromatic carbocycles. The molecule has 0 radical (unpaired) electrons. The van der Waals surface area contributed by atoms with E-state index >= 15 is 0 Å². The average molecular weight is 402 g/mol. The van der Waals surface area contributed by atoms with E-state index in [1.54, 1.807) is 16.9 Å². The van der Waals surface area contributed by atoms with Crippen LogP contribution < -0.4 is 10.6 Å². The molecule has 1 aromatic heterocycles. The second-order valence-corrected chi connectivity index (χ2v) is 9.58. The molecule has 2 N–H and O–H groups in total. The molecule has 2 atom stereocenters. The lowest BCUT2D eigenvalue weighted by Gasteiger charge is -2.60. The Balaban J connectivity index is 1.40. The maximum atomic E-state index is 13.1. The molecule has 4 fully saturated rings. The van der Waals surface area contributed by atoms with Crippen molar-refractivity contribution in [1.82, 2.24) is 15.1 Å². The Labute approximate surface area is 170 Å². The number of rotatable bonds is 6. The fraction of sp³-hybridized carbons (Fsp3) is 0.714. The van der Waals surface area contributed by atoms with E-state index < -0.39 is 5.41 Å². The first-order valence-electron chi connectivity index (χ1n) is 10.5. The van der Waals surface area contributed by atoms with Crippen molar-refractivity contribution in [2.75, 3.05) is 11.9 Å². The molecule has 2 amide bonds. The summed E-state index contributed by atoms with van der Waals surface area (Å²) < 4.78 is 7.20. The van der Waals surface area contributed by atoms with Crippen molar-refractivity contribution in [3.05, 3.63) is 12.3 Å². The number of hydrogen-bond acceptors (Lipinski definition) is 5. The number of hydrogen-bond donors (Lipinski definition) is 2. The zero-order chi connectivity index (χ0) is 20.8. The Hall–Kier alpha value is -2.38. The van der Waals surface area contributed by atoms with E-state index in [-0.39, 0.29) is 36.0 Å². The molecule has 2 unspecified atom stereocenters. The summed E-state index contributed by atoms with van der Waals surface area (Å²) in [6, 6.07) is 1.83. The highest BCUT2D eigenvalue weighted by molar-refractivity contribution is 5.92. The number of nitrogens with one attached hydrogen (secondary N) is 2. The topological polar surface area (TPSA) is 102 Å². The van der Waals surface area contributed by atoms with Crippen LogP contribution in [0.5, 0.6) is 0 Å². The minimum absolute atomic E-state index is 0.0448. The van der Waals surface area contributed by atoms with Crippen LogP contribution in [0, 0.1) is 17.3 Å². The summed E-state index contributed by atoms with van der Waals surface area (Å²) in [5.74, 6) is 0.739. The fourth-order valence-electron chi connectivity index (χ4n) is 6.31. The summed E-state index contributed by atoms with van der Waals surface area (Å²) in [5.41, 5.74) is -0.868. The molecule has 4 saturated carbocycles. The first-order valence-corrected chi connectivity index (χ1v) is 10.5. The number of aromatic nitrogens is 2. The maximum absolute atomic E-state index is 13.1. The van der Waals surface area contributed by atoms with Gasteiger partial charge in [-0.05, 0) is 64.2 Å². The molecule has 4 bridgehead atoms. The van der Waals surface area contributed by atoms with Gasteiger partial charge in [0.05, 0.1) is 11.6 Å². The summed E-state index contributed by atoms with van der Waals surface area (Å²) in [4.78, 5) is 37.2. The van der Waals surface area contributed by atoms with Crippen LogP contribution in [0.25, 0.3) is 0 Å². The van der Waals surface area contributed by atoms with Crippen LogP contribution >= 0.6 is 0 Å². The van der Waals surface area contributed by atoms with E-state index in [1.165, 1.54) is 6.92 Å². The second kappa shape index (κ2) is 7.15. The molecule has 158 valence electrons. The monoisotopic (exact) mass is 402 g/mol. The molecule has 0 spiro atoms. The van der Waals surface area contributed by atoms with Crippen molar-refractivity contribution < 1.29 is 19.1 Å². The Morgan fingerprint density at radius 3 is 2.55 bits per heavy atom. The van der Waals surface area contributed by atoms with Gasteiger partial charge in [-0.25, -0.2) is 4.68 Å². The van der Waals surface area contributed by atoms with Crippen molar-refractivity contribution >= 4 is 23.6 Å². The zero-order valence-electron chi connectivity index (χ0n) is 17.4. The third kappa shape index (κ3) is 3.76. The highest BCUT2D eigenvalue weighted by Gasteiger charge is 2.61. The van der Waals surface area contributed by atoms with Gasteiger partial charge in [0.1, 0.15) is 5.82 Å². The maximum Gasteiger partial charge on any atom is 0.312 e. The smallest absolute Gasteiger partial charge is 0.312 e. The van der Waals surface area contributed by atoms with E-state index in [0.717, 1.165) is 32.1 Å². The molecular formula is C21H30N4O4. The number of anilines is 1. The molecule has 29 heavy (non-hydrogen) atoms. The number of carbonyl (C=O) groups excluding carboxylic acids is 3. The van der Waals surface area contributed by atoms with Crippen LogP contribution in [0.2, 0.25) is 0 Å². The molecule has 8 nitrogen and oxygen atoms in total. The lowest BCUT2D eigenvalue weighted by atomic mass is 9.47. The molecule has 4 aliphatic carbocycles. The fourth-order valence-corrected chi connectivity index (χ4v) is 6.31. The zero-order valence-corrected chi connectivity index (χ0v) is 17.4. The number of esters is 1. The van der Waals surface area contributed by atoms with Gasteiger partial charge in [-0.15, -0.1) is 0 Å². The predicted molar refractivity (Wildman–Crippen MR) is 106 cm³/mol. The predicted octanol–water partition coefficient (Wildman–Crippen LogP) is 2.42. The summed E-state index contributed by atoms with van der Waals surface area (Å²) >= 11 is 0. The minimum Gasteiger partial charge on any atom is -0.455 e. The van der Waals surface area contributed by atoms with E-state index in [1.807, 2.05) is 13.8 Å². The van der Waals surface area contributed by atoms with E-state index in [9.17, 15) is 14.4 Å². The molecule has 4 aliphatic rings. The Bertz CT molecular complexity index is 816. The second-order valence-electron chi connectivity index (χ2n) is 9.58. The largest absolute Gasteiger partial charge is 0.455 e. The highest BCUT2D eigenvalue weighted by Crippen LogP contribution is 2.62. The molecule has 5 rings (SSSR count). The van der Waals surface area contributed by atoms with Crippen molar-refractivity contribution in [3.63, 3.8) is 0 Å². The number of nitrogens with zero attached hydrogens (tertiary/aromatic N) is 2.